The van der Waals surface area contributed by atoms with Gasteiger partial charge >= 0.3 is 0 Å². The second kappa shape index (κ2) is 1.59. The molecule has 0 saturated carbocycles. The van der Waals surface area contributed by atoms with Gasteiger partial charge in [-0.3, -0.25) is 5.01 Å². The molecule has 1 N–H and O–H groups in total. The molecule has 0 atom stereocenters. The normalized spacial score (nSPS) is 20.6. The highest BCUT2D eigenvalue weighted by Gasteiger charge is 2.04. The third kappa shape index (κ3) is 0.779. The summed E-state index contributed by atoms with van der Waals surface area (Å²) in [7, 11) is 1.83. The lowest BCUT2D eigenvalue weighted by atomic mass is 11.1. The van der Waals surface area contributed by atoms with E-state index in [9.17, 15) is 0 Å². The van der Waals surface area contributed by atoms with Crippen LogP contribution in [-0.2, 0) is 0 Å². The Labute approximate surface area is 47.3 Å². The molecule has 0 amide bonds. The number of hydrazine groups is 2. The molecule has 1 heterocycles. The van der Waals surface area contributed by atoms with Gasteiger partial charge < -0.3 is 0 Å². The minimum Gasteiger partial charge on any atom is -0.268 e. The van der Waals surface area contributed by atoms with Crippen LogP contribution in [0, 0.1) is 0 Å². The molecule has 0 bridgehead atoms. The zero-order valence-corrected chi connectivity index (χ0v) is 4.76. The van der Waals surface area contributed by atoms with E-state index in [1.807, 2.05) is 7.05 Å². The first-order valence-corrected chi connectivity index (χ1v) is 2.21. The van der Waals surface area contributed by atoms with Crippen molar-refractivity contribution in [3.63, 3.8) is 0 Å². The van der Waals surface area contributed by atoms with E-state index < -0.39 is 0 Å². The summed E-state index contributed by atoms with van der Waals surface area (Å²) in [6.45, 7) is 0. The molecule has 0 radical (unpaired) electrons. The molecule has 0 aromatic carbocycles. The molecule has 7 heavy (non-hydrogen) atoms. The van der Waals surface area contributed by atoms with E-state index in [0.717, 1.165) is 0 Å². The molecule has 0 fully saturated rings. The topological polar surface area (TPSA) is 30.9 Å². The van der Waals surface area contributed by atoms with Gasteiger partial charge in [-0.1, -0.05) is 4.52 Å². The molecule has 4 nitrogen and oxygen atoms in total. The molecule has 5 heteroatoms. The Hall–Kier alpha value is -0.420. The molecule has 0 spiro atoms. The maximum absolute atomic E-state index is 3.91. The van der Waals surface area contributed by atoms with Crippen molar-refractivity contribution < 1.29 is 0 Å². The minimum absolute atomic E-state index is 1.46. The fourth-order valence-corrected chi connectivity index (χ4v) is 0.378. The van der Waals surface area contributed by atoms with Crippen molar-refractivity contribution in [2.24, 2.45) is 5.10 Å². The number of thiol groups is 1. The summed E-state index contributed by atoms with van der Waals surface area (Å²) in [4.78, 5) is 0. The Bertz CT molecular complexity index is 91.7. The first-order valence-electron chi connectivity index (χ1n) is 1.81. The van der Waals surface area contributed by atoms with Gasteiger partial charge in [0.2, 0.25) is 0 Å². The van der Waals surface area contributed by atoms with E-state index in [-0.39, 0.29) is 0 Å². The maximum atomic E-state index is 3.91. The standard InChI is InChI=1S/C2H6N4S/c1-5-2-3-4-6(5)7/h2,4,7H,1H3. The number of nitrogens with zero attached hydrogens (tertiary/aromatic N) is 3. The van der Waals surface area contributed by atoms with E-state index >= 15 is 0 Å². The van der Waals surface area contributed by atoms with Crippen LogP contribution in [0.2, 0.25) is 0 Å². The van der Waals surface area contributed by atoms with E-state index in [1.54, 1.807) is 11.3 Å². The lowest BCUT2D eigenvalue weighted by Gasteiger charge is -2.13. The van der Waals surface area contributed by atoms with Crippen LogP contribution in [0.4, 0.5) is 0 Å². The van der Waals surface area contributed by atoms with Crippen molar-refractivity contribution >= 4 is 19.2 Å². The van der Waals surface area contributed by atoms with Crippen molar-refractivity contribution in [1.29, 1.82) is 0 Å². The van der Waals surface area contributed by atoms with Crippen molar-refractivity contribution in [2.45, 2.75) is 0 Å². The first kappa shape index (κ1) is 4.73. The Morgan fingerprint density at radius 2 is 2.57 bits per heavy atom. The van der Waals surface area contributed by atoms with Gasteiger partial charge in [-0.05, 0) is 12.8 Å². The summed E-state index contributed by atoms with van der Waals surface area (Å²) in [6, 6.07) is 0. The van der Waals surface area contributed by atoms with E-state index in [0.29, 0.717) is 0 Å². The minimum atomic E-state index is 1.46. The van der Waals surface area contributed by atoms with E-state index in [4.69, 9.17) is 0 Å². The largest absolute Gasteiger partial charge is 0.268 e. The summed E-state index contributed by atoms with van der Waals surface area (Å²) in [5.74, 6) is 0. The average molecular weight is 118 g/mol. The molecule has 1 aliphatic rings. The Morgan fingerprint density at radius 1 is 1.86 bits per heavy atom. The van der Waals surface area contributed by atoms with Crippen LogP contribution in [0.1, 0.15) is 0 Å². The molecule has 0 aromatic rings. The zero-order chi connectivity index (χ0) is 5.28. The Kier molecular flexibility index (Phi) is 1.07. The second-order valence-electron chi connectivity index (χ2n) is 1.21. The molecule has 1 aliphatic heterocycles. The number of hydrazone groups is 1. The SMILES string of the molecule is CN1C=NNN1S. The number of nitrogens with one attached hydrogen (secondary N) is 1. The van der Waals surface area contributed by atoms with Crippen LogP contribution in [0.15, 0.2) is 5.10 Å². The number of hydrogen-bond acceptors (Lipinski definition) is 5. The van der Waals surface area contributed by atoms with Gasteiger partial charge in [0.25, 0.3) is 0 Å². The molecule has 0 aliphatic carbocycles. The van der Waals surface area contributed by atoms with Gasteiger partial charge in [0.05, 0.1) is 0 Å². The Balaban J connectivity index is 2.45. The molecular weight excluding hydrogens is 112 g/mol. The van der Waals surface area contributed by atoms with Crippen molar-refractivity contribution in [3.8, 4) is 0 Å². The van der Waals surface area contributed by atoms with Crippen LogP contribution in [0.3, 0.4) is 0 Å². The zero-order valence-electron chi connectivity index (χ0n) is 3.87. The summed E-state index contributed by atoms with van der Waals surface area (Å²) in [5.41, 5.74) is 2.56. The Morgan fingerprint density at radius 3 is 2.71 bits per heavy atom. The lowest BCUT2D eigenvalue weighted by molar-refractivity contribution is 0.181. The number of rotatable bonds is 0. The van der Waals surface area contributed by atoms with Crippen LogP contribution in [-0.4, -0.2) is 22.9 Å². The summed E-state index contributed by atoms with van der Waals surface area (Å²) in [5, 5.41) is 5.34. The predicted octanol–water partition coefficient (Wildman–Crippen LogP) is -0.558. The smallest absolute Gasteiger partial charge is 0.129 e. The molecular formula is C2H6N4S. The third-order valence-corrected chi connectivity index (χ3v) is 1.04. The van der Waals surface area contributed by atoms with Crippen molar-refractivity contribution in [1.82, 2.24) is 15.1 Å². The number of hydrogen-bond donors (Lipinski definition) is 2. The van der Waals surface area contributed by atoms with Crippen LogP contribution in [0.25, 0.3) is 0 Å². The maximum Gasteiger partial charge on any atom is 0.129 e. The van der Waals surface area contributed by atoms with Gasteiger partial charge in [-0.15, -0.1) is 0 Å². The van der Waals surface area contributed by atoms with Gasteiger partial charge in [0.15, 0.2) is 0 Å². The van der Waals surface area contributed by atoms with E-state index in [1.165, 1.54) is 4.52 Å². The van der Waals surface area contributed by atoms with Crippen LogP contribution in [0.5, 0.6) is 0 Å². The van der Waals surface area contributed by atoms with Gasteiger partial charge in [0.1, 0.15) is 6.34 Å². The van der Waals surface area contributed by atoms with Crippen LogP contribution >= 0.6 is 12.8 Å². The fourth-order valence-electron chi connectivity index (χ4n) is 0.280. The van der Waals surface area contributed by atoms with Gasteiger partial charge in [-0.2, -0.15) is 5.10 Å². The summed E-state index contributed by atoms with van der Waals surface area (Å²) >= 11 is 3.91. The van der Waals surface area contributed by atoms with Crippen molar-refractivity contribution in [3.05, 3.63) is 0 Å². The summed E-state index contributed by atoms with van der Waals surface area (Å²) < 4.78 is 1.46. The highest BCUT2D eigenvalue weighted by Crippen LogP contribution is 1.94. The van der Waals surface area contributed by atoms with Gasteiger partial charge in [-0.25, -0.2) is 5.53 Å². The molecule has 0 aromatic heterocycles. The molecule has 0 saturated heterocycles. The highest BCUT2D eigenvalue weighted by molar-refractivity contribution is 7.77. The van der Waals surface area contributed by atoms with Crippen molar-refractivity contribution in [2.75, 3.05) is 7.05 Å². The molecule has 40 valence electrons. The van der Waals surface area contributed by atoms with Gasteiger partial charge in [0, 0.05) is 7.05 Å². The second-order valence-corrected chi connectivity index (χ2v) is 1.59. The highest BCUT2D eigenvalue weighted by atomic mass is 32.1. The average Bonchev–Trinajstić information content (AvgIpc) is 1.91. The van der Waals surface area contributed by atoms with E-state index in [2.05, 4.69) is 23.5 Å². The predicted molar refractivity (Wildman–Crippen MR) is 30.2 cm³/mol. The summed E-state index contributed by atoms with van der Waals surface area (Å²) in [6.07, 6.45) is 1.62. The first-order chi connectivity index (χ1) is 3.30. The molecule has 1 rings (SSSR count). The quantitative estimate of drug-likeness (QED) is 0.418. The monoisotopic (exact) mass is 118 g/mol. The fraction of sp³-hybridized carbons (Fsp3) is 0.500. The molecule has 0 unspecified atom stereocenters. The lowest BCUT2D eigenvalue weighted by Crippen LogP contribution is -2.31. The third-order valence-electron chi connectivity index (χ3n) is 0.671. The van der Waals surface area contributed by atoms with Crippen LogP contribution < -0.4 is 5.53 Å².